The van der Waals surface area contributed by atoms with Crippen LogP contribution < -0.4 is 0 Å². The van der Waals surface area contributed by atoms with Gasteiger partial charge in [0, 0.05) is 5.02 Å². The maximum absolute atomic E-state index is 11.4. The zero-order chi connectivity index (χ0) is 11.3. The van der Waals surface area contributed by atoms with Crippen molar-refractivity contribution in [2.75, 3.05) is 6.61 Å². The van der Waals surface area contributed by atoms with Crippen molar-refractivity contribution in [1.29, 1.82) is 5.26 Å². The highest BCUT2D eigenvalue weighted by Gasteiger charge is 2.23. The summed E-state index contributed by atoms with van der Waals surface area (Å²) in [6.07, 6.45) is 0. The molecule has 0 fully saturated rings. The van der Waals surface area contributed by atoms with Crippen LogP contribution in [-0.4, -0.2) is 12.6 Å². The molecule has 15 heavy (non-hydrogen) atoms. The second-order valence-corrected chi connectivity index (χ2v) is 3.24. The first-order valence-corrected chi connectivity index (χ1v) is 4.89. The van der Waals surface area contributed by atoms with Crippen molar-refractivity contribution in [1.82, 2.24) is 0 Å². The largest absolute Gasteiger partial charge is 0.465 e. The topological polar surface area (TPSA) is 50.1 Å². The molecule has 0 heterocycles. The molecule has 4 heteroatoms. The lowest BCUT2D eigenvalue weighted by Gasteiger charge is -2.09. The highest BCUT2D eigenvalue weighted by molar-refractivity contribution is 6.31. The molecule has 0 saturated heterocycles. The third kappa shape index (κ3) is 2.71. The van der Waals surface area contributed by atoms with Crippen LogP contribution in [0.5, 0.6) is 0 Å². The first-order valence-electron chi connectivity index (χ1n) is 4.51. The molecule has 0 aliphatic carbocycles. The molecule has 0 bridgehead atoms. The summed E-state index contributed by atoms with van der Waals surface area (Å²) in [6.45, 7) is 1.94. The van der Waals surface area contributed by atoms with Crippen LogP contribution >= 0.6 is 11.6 Å². The number of carbonyl (C=O) groups excluding carboxylic acids is 1. The van der Waals surface area contributed by atoms with E-state index in [1.165, 1.54) is 0 Å². The highest BCUT2D eigenvalue weighted by atomic mass is 35.5. The summed E-state index contributed by atoms with van der Waals surface area (Å²) in [5.74, 6) is -1.51. The van der Waals surface area contributed by atoms with Gasteiger partial charge in [-0.15, -0.1) is 0 Å². The third-order valence-electron chi connectivity index (χ3n) is 1.87. The van der Waals surface area contributed by atoms with Crippen LogP contribution in [0.4, 0.5) is 0 Å². The Bertz CT molecular complexity index is 398. The number of ether oxygens (including phenoxy) is 1. The summed E-state index contributed by atoms with van der Waals surface area (Å²) in [5.41, 5.74) is 0.486. The molecule has 0 aliphatic rings. The van der Waals surface area contributed by atoms with Gasteiger partial charge in [0.25, 0.3) is 0 Å². The van der Waals surface area contributed by atoms with Crippen LogP contribution in [0.15, 0.2) is 24.3 Å². The number of rotatable bonds is 3. The molecule has 3 nitrogen and oxygen atoms in total. The second-order valence-electron chi connectivity index (χ2n) is 2.84. The summed E-state index contributed by atoms with van der Waals surface area (Å²) < 4.78 is 4.78. The number of hydrogen-bond acceptors (Lipinski definition) is 3. The van der Waals surface area contributed by atoms with E-state index >= 15 is 0 Å². The van der Waals surface area contributed by atoms with E-state index in [-0.39, 0.29) is 6.61 Å². The maximum Gasteiger partial charge on any atom is 0.327 e. The van der Waals surface area contributed by atoms with E-state index in [1.807, 2.05) is 6.07 Å². The number of nitrogens with zero attached hydrogens (tertiary/aromatic N) is 1. The molecule has 0 aromatic heterocycles. The van der Waals surface area contributed by atoms with Gasteiger partial charge in [-0.2, -0.15) is 5.26 Å². The predicted molar refractivity (Wildman–Crippen MR) is 56.4 cm³/mol. The lowest BCUT2D eigenvalue weighted by molar-refractivity contribution is -0.143. The van der Waals surface area contributed by atoms with Crippen LogP contribution in [0.3, 0.4) is 0 Å². The van der Waals surface area contributed by atoms with Crippen molar-refractivity contribution in [2.24, 2.45) is 0 Å². The van der Waals surface area contributed by atoms with Crippen molar-refractivity contribution in [2.45, 2.75) is 12.8 Å². The smallest absolute Gasteiger partial charge is 0.327 e. The van der Waals surface area contributed by atoms with Crippen LogP contribution in [-0.2, 0) is 9.53 Å². The summed E-state index contributed by atoms with van der Waals surface area (Å²) in [5, 5.41) is 9.29. The SMILES string of the molecule is CCOC(=O)C(C#N)c1ccccc1Cl. The van der Waals surface area contributed by atoms with E-state index in [9.17, 15) is 4.79 Å². The Balaban J connectivity index is 2.99. The lowest BCUT2D eigenvalue weighted by atomic mass is 10.0. The van der Waals surface area contributed by atoms with Crippen molar-refractivity contribution >= 4 is 17.6 Å². The summed E-state index contributed by atoms with van der Waals surface area (Å²) >= 11 is 5.88. The third-order valence-corrected chi connectivity index (χ3v) is 2.21. The van der Waals surface area contributed by atoms with E-state index in [1.54, 1.807) is 31.2 Å². The normalized spacial score (nSPS) is 11.5. The fraction of sp³-hybridized carbons (Fsp3) is 0.273. The molecule has 1 rings (SSSR count). The Morgan fingerprint density at radius 1 is 1.60 bits per heavy atom. The highest BCUT2D eigenvalue weighted by Crippen LogP contribution is 2.24. The average molecular weight is 224 g/mol. The van der Waals surface area contributed by atoms with Gasteiger partial charge in [-0.1, -0.05) is 29.8 Å². The van der Waals surface area contributed by atoms with Gasteiger partial charge in [0.2, 0.25) is 0 Å². The van der Waals surface area contributed by atoms with Crippen molar-refractivity contribution in [3.63, 3.8) is 0 Å². The summed E-state index contributed by atoms with van der Waals surface area (Å²) in [7, 11) is 0. The molecule has 1 aromatic rings. The molecule has 0 aliphatic heterocycles. The Hall–Kier alpha value is -1.53. The molecule has 0 saturated carbocycles. The van der Waals surface area contributed by atoms with Gasteiger partial charge in [0.15, 0.2) is 5.92 Å². The monoisotopic (exact) mass is 223 g/mol. The fourth-order valence-corrected chi connectivity index (χ4v) is 1.43. The van der Waals surface area contributed by atoms with Crippen LogP contribution in [0.1, 0.15) is 18.4 Å². The molecule has 1 aromatic carbocycles. The number of halogens is 1. The molecule has 0 spiro atoms. The first kappa shape index (κ1) is 11.5. The van der Waals surface area contributed by atoms with Crippen molar-refractivity contribution < 1.29 is 9.53 Å². The van der Waals surface area contributed by atoms with Gasteiger partial charge >= 0.3 is 5.97 Å². The van der Waals surface area contributed by atoms with Gasteiger partial charge in [-0.3, -0.25) is 4.79 Å². The molecular weight excluding hydrogens is 214 g/mol. The summed E-state index contributed by atoms with van der Waals surface area (Å²) in [6, 6.07) is 8.64. The predicted octanol–water partition coefficient (Wildman–Crippen LogP) is 2.51. The maximum atomic E-state index is 11.4. The number of nitriles is 1. The van der Waals surface area contributed by atoms with Gasteiger partial charge in [0.05, 0.1) is 12.7 Å². The Morgan fingerprint density at radius 3 is 2.80 bits per heavy atom. The second kappa shape index (κ2) is 5.38. The van der Waals surface area contributed by atoms with E-state index < -0.39 is 11.9 Å². The Labute approximate surface area is 93.2 Å². The van der Waals surface area contributed by atoms with Gasteiger partial charge in [0.1, 0.15) is 0 Å². The lowest BCUT2D eigenvalue weighted by Crippen LogP contribution is -2.14. The van der Waals surface area contributed by atoms with E-state index in [0.29, 0.717) is 10.6 Å². The standard InChI is InChI=1S/C11H10ClNO2/c1-2-15-11(14)9(7-13)8-5-3-4-6-10(8)12/h3-6,9H,2H2,1H3. The number of esters is 1. The minimum Gasteiger partial charge on any atom is -0.465 e. The Morgan fingerprint density at radius 2 is 2.27 bits per heavy atom. The molecular formula is C11H10ClNO2. The van der Waals surface area contributed by atoms with Crippen molar-refractivity contribution in [3.05, 3.63) is 34.9 Å². The van der Waals surface area contributed by atoms with Gasteiger partial charge in [-0.25, -0.2) is 0 Å². The fourth-order valence-electron chi connectivity index (χ4n) is 1.18. The number of hydrogen-bond donors (Lipinski definition) is 0. The van der Waals surface area contributed by atoms with E-state index in [0.717, 1.165) is 0 Å². The van der Waals surface area contributed by atoms with Crippen LogP contribution in [0.2, 0.25) is 5.02 Å². The zero-order valence-electron chi connectivity index (χ0n) is 8.24. The van der Waals surface area contributed by atoms with Crippen LogP contribution in [0, 0.1) is 11.3 Å². The summed E-state index contributed by atoms with van der Waals surface area (Å²) in [4.78, 5) is 11.4. The van der Waals surface area contributed by atoms with Gasteiger partial charge < -0.3 is 4.74 Å². The number of carbonyl (C=O) groups is 1. The van der Waals surface area contributed by atoms with E-state index in [2.05, 4.69) is 0 Å². The Kier molecular flexibility index (Phi) is 4.14. The van der Waals surface area contributed by atoms with Crippen LogP contribution in [0.25, 0.3) is 0 Å². The molecule has 78 valence electrons. The number of benzene rings is 1. The average Bonchev–Trinajstić information content (AvgIpc) is 2.22. The molecule has 1 unspecified atom stereocenters. The minimum atomic E-state index is -0.946. The minimum absolute atomic E-state index is 0.251. The first-order chi connectivity index (χ1) is 7.20. The molecule has 0 amide bonds. The molecule has 1 atom stereocenters. The van der Waals surface area contributed by atoms with E-state index in [4.69, 9.17) is 21.6 Å². The van der Waals surface area contributed by atoms with Gasteiger partial charge in [-0.05, 0) is 18.6 Å². The molecule has 0 radical (unpaired) electrons. The molecule has 0 N–H and O–H groups in total. The van der Waals surface area contributed by atoms with Crippen molar-refractivity contribution in [3.8, 4) is 6.07 Å². The quantitative estimate of drug-likeness (QED) is 0.740. The zero-order valence-corrected chi connectivity index (χ0v) is 8.99.